The number of piperidine rings is 1. The van der Waals surface area contributed by atoms with Crippen LogP contribution < -0.4 is 4.90 Å². The molecule has 3 heterocycles. The molecule has 1 aliphatic heterocycles. The maximum absolute atomic E-state index is 9.80. The van der Waals surface area contributed by atoms with Crippen molar-refractivity contribution < 1.29 is 9.63 Å². The molecule has 6 heteroatoms. The van der Waals surface area contributed by atoms with E-state index in [0.717, 1.165) is 59.9 Å². The highest BCUT2D eigenvalue weighted by Gasteiger charge is 2.32. The first-order valence-electron chi connectivity index (χ1n) is 9.40. The summed E-state index contributed by atoms with van der Waals surface area (Å²) in [4.78, 5) is 11.7. The smallest absolute Gasteiger partial charge is 0.229 e. The Morgan fingerprint density at radius 2 is 1.85 bits per heavy atom. The second-order valence-corrected chi connectivity index (χ2v) is 7.35. The van der Waals surface area contributed by atoms with Gasteiger partial charge in [0.15, 0.2) is 5.82 Å². The molecule has 1 saturated heterocycles. The maximum atomic E-state index is 9.80. The highest BCUT2D eigenvalue weighted by molar-refractivity contribution is 5.81. The lowest BCUT2D eigenvalue weighted by Gasteiger charge is -2.32. The van der Waals surface area contributed by atoms with Crippen LogP contribution in [0.1, 0.15) is 54.8 Å². The van der Waals surface area contributed by atoms with Gasteiger partial charge in [-0.15, -0.1) is 0 Å². The number of aromatic nitrogens is 3. The topological polar surface area (TPSA) is 75.3 Å². The Morgan fingerprint density at radius 3 is 2.62 bits per heavy atom. The van der Waals surface area contributed by atoms with Gasteiger partial charge < -0.3 is 14.5 Å². The summed E-state index contributed by atoms with van der Waals surface area (Å²) in [7, 11) is 0. The van der Waals surface area contributed by atoms with Gasteiger partial charge in [0.05, 0.1) is 12.1 Å². The first-order chi connectivity index (χ1) is 12.8. The molecule has 2 aromatic heterocycles. The van der Waals surface area contributed by atoms with Crippen LogP contribution in [0.25, 0.3) is 10.9 Å². The molecule has 1 N–H and O–H groups in total. The van der Waals surface area contributed by atoms with Gasteiger partial charge in [0.2, 0.25) is 5.89 Å². The zero-order chi connectivity index (χ0) is 17.5. The molecule has 0 unspecified atom stereocenters. The van der Waals surface area contributed by atoms with Crippen LogP contribution in [-0.4, -0.2) is 33.3 Å². The molecule has 1 aliphatic carbocycles. The van der Waals surface area contributed by atoms with Gasteiger partial charge in [-0.05, 0) is 37.8 Å². The molecular formula is C20H22N4O2. The second kappa shape index (κ2) is 6.36. The first kappa shape index (κ1) is 15.8. The maximum Gasteiger partial charge on any atom is 0.229 e. The van der Waals surface area contributed by atoms with Gasteiger partial charge in [-0.2, -0.15) is 4.98 Å². The monoisotopic (exact) mass is 350 g/mol. The van der Waals surface area contributed by atoms with Crippen molar-refractivity contribution in [2.24, 2.45) is 0 Å². The Labute approximate surface area is 151 Å². The van der Waals surface area contributed by atoms with Crippen LogP contribution >= 0.6 is 0 Å². The van der Waals surface area contributed by atoms with Crippen LogP contribution in [0, 0.1) is 0 Å². The van der Waals surface area contributed by atoms with Crippen LogP contribution in [0.2, 0.25) is 0 Å². The van der Waals surface area contributed by atoms with Gasteiger partial charge in [0, 0.05) is 35.9 Å². The van der Waals surface area contributed by atoms with Crippen LogP contribution in [0.5, 0.6) is 0 Å². The van der Waals surface area contributed by atoms with E-state index in [1.54, 1.807) is 0 Å². The minimum Gasteiger partial charge on any atom is -0.392 e. The van der Waals surface area contributed by atoms with Gasteiger partial charge in [0.1, 0.15) is 5.82 Å². The minimum absolute atomic E-state index is 0.00266. The van der Waals surface area contributed by atoms with Crippen molar-refractivity contribution in [1.82, 2.24) is 15.1 Å². The fourth-order valence-electron chi connectivity index (χ4n) is 3.80. The molecule has 1 saturated carbocycles. The quantitative estimate of drug-likeness (QED) is 0.777. The van der Waals surface area contributed by atoms with Gasteiger partial charge in [-0.1, -0.05) is 23.4 Å². The number of hydrogen-bond donors (Lipinski definition) is 1. The molecule has 0 spiro atoms. The van der Waals surface area contributed by atoms with Gasteiger partial charge in [-0.3, -0.25) is 0 Å². The first-order valence-corrected chi connectivity index (χ1v) is 9.40. The third kappa shape index (κ3) is 2.84. The van der Waals surface area contributed by atoms with Gasteiger partial charge >= 0.3 is 0 Å². The van der Waals surface area contributed by atoms with Crippen molar-refractivity contribution in [2.45, 2.75) is 44.1 Å². The molecule has 6 nitrogen and oxygen atoms in total. The fraction of sp³-hybridized carbons (Fsp3) is 0.450. The molecule has 0 bridgehead atoms. The van der Waals surface area contributed by atoms with Crippen LogP contribution in [0.4, 0.5) is 5.82 Å². The fourth-order valence-corrected chi connectivity index (χ4v) is 3.80. The van der Waals surface area contributed by atoms with Gasteiger partial charge in [0.25, 0.3) is 0 Å². The van der Waals surface area contributed by atoms with E-state index in [1.807, 2.05) is 30.3 Å². The van der Waals surface area contributed by atoms with E-state index in [4.69, 9.17) is 9.51 Å². The number of para-hydroxylation sites is 1. The number of hydrogen-bond acceptors (Lipinski definition) is 6. The third-order valence-electron chi connectivity index (χ3n) is 5.49. The molecule has 26 heavy (non-hydrogen) atoms. The van der Waals surface area contributed by atoms with E-state index in [-0.39, 0.29) is 6.61 Å². The molecule has 2 fully saturated rings. The van der Waals surface area contributed by atoms with Crippen molar-refractivity contribution in [3.05, 3.63) is 47.6 Å². The normalized spacial score (nSPS) is 18.6. The van der Waals surface area contributed by atoms with E-state index in [9.17, 15) is 5.11 Å². The number of aliphatic hydroxyl groups excluding tert-OH is 1. The lowest BCUT2D eigenvalue weighted by atomic mass is 9.96. The molecule has 0 radical (unpaired) electrons. The van der Waals surface area contributed by atoms with Crippen LogP contribution in [-0.2, 0) is 6.61 Å². The Kier molecular flexibility index (Phi) is 3.85. The number of pyridine rings is 1. The largest absolute Gasteiger partial charge is 0.392 e. The van der Waals surface area contributed by atoms with Crippen molar-refractivity contribution >= 4 is 16.7 Å². The summed E-state index contributed by atoms with van der Waals surface area (Å²) in [6, 6.07) is 10.1. The number of benzene rings is 1. The summed E-state index contributed by atoms with van der Waals surface area (Å²) < 4.78 is 5.42. The average molecular weight is 350 g/mol. The Hall–Kier alpha value is -2.47. The zero-order valence-electron chi connectivity index (χ0n) is 14.6. The van der Waals surface area contributed by atoms with Crippen LogP contribution in [0.15, 0.2) is 34.9 Å². The molecule has 3 aromatic rings. The number of anilines is 1. The Bertz CT molecular complexity index is 926. The molecule has 5 rings (SSSR count). The summed E-state index contributed by atoms with van der Waals surface area (Å²) in [6.07, 6.45) is 4.31. The average Bonchev–Trinajstić information content (AvgIpc) is 3.44. The molecule has 1 aromatic carbocycles. The van der Waals surface area contributed by atoms with Crippen molar-refractivity contribution in [3.8, 4) is 0 Å². The number of rotatable bonds is 4. The highest BCUT2D eigenvalue weighted by atomic mass is 16.5. The lowest BCUT2D eigenvalue weighted by Crippen LogP contribution is -2.34. The number of fused-ring (bicyclic) bond motifs is 1. The van der Waals surface area contributed by atoms with Crippen molar-refractivity contribution in [3.63, 3.8) is 0 Å². The van der Waals surface area contributed by atoms with E-state index >= 15 is 0 Å². The highest BCUT2D eigenvalue weighted by Crippen LogP contribution is 2.40. The molecule has 134 valence electrons. The van der Waals surface area contributed by atoms with Crippen molar-refractivity contribution in [2.75, 3.05) is 18.0 Å². The van der Waals surface area contributed by atoms with Crippen molar-refractivity contribution in [1.29, 1.82) is 0 Å². The zero-order valence-corrected chi connectivity index (χ0v) is 14.6. The summed E-state index contributed by atoms with van der Waals surface area (Å²) in [6.45, 7) is 1.77. The summed E-state index contributed by atoms with van der Waals surface area (Å²) in [5.41, 5.74) is 1.85. The van der Waals surface area contributed by atoms with Crippen LogP contribution in [0.3, 0.4) is 0 Å². The SMILES string of the molecule is OCc1cc2ccccc2nc1N1CCC(c2noc(C3CC3)n2)CC1. The standard InChI is InChI=1S/C20H22N4O2/c25-12-16-11-15-3-1-2-4-17(15)21-19(16)24-9-7-13(8-10-24)18-22-20(26-23-18)14-5-6-14/h1-4,11,13-14,25H,5-10,12H2. The molecule has 0 amide bonds. The lowest BCUT2D eigenvalue weighted by molar-refractivity contribution is 0.281. The Morgan fingerprint density at radius 1 is 1.04 bits per heavy atom. The van der Waals surface area contributed by atoms with E-state index in [2.05, 4.69) is 15.0 Å². The number of nitrogens with zero attached hydrogens (tertiary/aromatic N) is 4. The third-order valence-corrected chi connectivity index (χ3v) is 5.49. The summed E-state index contributed by atoms with van der Waals surface area (Å²) in [5.74, 6) is 3.43. The summed E-state index contributed by atoms with van der Waals surface area (Å²) >= 11 is 0. The van der Waals surface area contributed by atoms with E-state index in [1.165, 1.54) is 12.8 Å². The predicted molar refractivity (Wildman–Crippen MR) is 98.1 cm³/mol. The minimum atomic E-state index is 0.00266. The van der Waals surface area contributed by atoms with E-state index in [0.29, 0.717) is 11.8 Å². The predicted octanol–water partition coefficient (Wildman–Crippen LogP) is 3.37. The van der Waals surface area contributed by atoms with E-state index < -0.39 is 0 Å². The Balaban J connectivity index is 1.35. The molecule has 0 atom stereocenters. The number of aliphatic hydroxyl groups is 1. The molecule has 2 aliphatic rings. The molecular weight excluding hydrogens is 328 g/mol. The second-order valence-electron chi connectivity index (χ2n) is 7.35. The summed E-state index contributed by atoms with van der Waals surface area (Å²) in [5, 5.41) is 15.1. The van der Waals surface area contributed by atoms with Gasteiger partial charge in [-0.25, -0.2) is 4.98 Å².